The molecule has 0 spiro atoms. The molecule has 3 nitrogen and oxygen atoms in total. The Morgan fingerprint density at radius 1 is 1.24 bits per heavy atom. The van der Waals surface area contributed by atoms with Crippen LogP contribution in [0.4, 0.5) is 0 Å². The first-order valence-electron chi connectivity index (χ1n) is 5.96. The zero-order valence-electron chi connectivity index (χ0n) is 10.8. The van der Waals surface area contributed by atoms with Gasteiger partial charge in [-0.1, -0.05) is 25.1 Å². The minimum Gasteiger partial charge on any atom is -0.496 e. The SMILES string of the molecule is COCC(C)CC(O)Cc1ccccc1OC. The highest BCUT2D eigenvalue weighted by Crippen LogP contribution is 2.20. The topological polar surface area (TPSA) is 38.7 Å². The van der Waals surface area contributed by atoms with Crippen molar-refractivity contribution in [1.29, 1.82) is 0 Å². The molecule has 0 saturated carbocycles. The number of rotatable bonds is 7. The number of hydrogen-bond donors (Lipinski definition) is 1. The molecule has 1 aromatic carbocycles. The predicted molar refractivity (Wildman–Crippen MR) is 68.4 cm³/mol. The summed E-state index contributed by atoms with van der Waals surface area (Å²) >= 11 is 0. The lowest BCUT2D eigenvalue weighted by molar-refractivity contribution is 0.101. The van der Waals surface area contributed by atoms with Crippen molar-refractivity contribution >= 4 is 0 Å². The fourth-order valence-electron chi connectivity index (χ4n) is 2.03. The maximum Gasteiger partial charge on any atom is 0.122 e. The lowest BCUT2D eigenvalue weighted by Crippen LogP contribution is -2.17. The third-order valence-corrected chi connectivity index (χ3v) is 2.77. The molecule has 0 saturated heterocycles. The molecule has 3 heteroatoms. The van der Waals surface area contributed by atoms with E-state index in [-0.39, 0.29) is 6.10 Å². The van der Waals surface area contributed by atoms with Gasteiger partial charge in [-0.05, 0) is 24.0 Å². The van der Waals surface area contributed by atoms with Crippen LogP contribution >= 0.6 is 0 Å². The van der Waals surface area contributed by atoms with Crippen molar-refractivity contribution < 1.29 is 14.6 Å². The van der Waals surface area contributed by atoms with E-state index in [1.165, 1.54) is 0 Å². The van der Waals surface area contributed by atoms with Crippen LogP contribution in [0.3, 0.4) is 0 Å². The number of ether oxygens (including phenoxy) is 2. The molecule has 96 valence electrons. The smallest absolute Gasteiger partial charge is 0.122 e. The highest BCUT2D eigenvalue weighted by atomic mass is 16.5. The van der Waals surface area contributed by atoms with Crippen LogP contribution in [-0.4, -0.2) is 32.0 Å². The van der Waals surface area contributed by atoms with E-state index in [4.69, 9.17) is 9.47 Å². The van der Waals surface area contributed by atoms with E-state index >= 15 is 0 Å². The fourth-order valence-corrected chi connectivity index (χ4v) is 2.03. The summed E-state index contributed by atoms with van der Waals surface area (Å²) in [6.07, 6.45) is 1.01. The Bertz CT molecular complexity index is 325. The van der Waals surface area contributed by atoms with E-state index in [2.05, 4.69) is 6.92 Å². The maximum absolute atomic E-state index is 10.0. The van der Waals surface area contributed by atoms with E-state index in [0.29, 0.717) is 18.9 Å². The average molecular weight is 238 g/mol. The van der Waals surface area contributed by atoms with E-state index in [1.807, 2.05) is 24.3 Å². The Kier molecular flexibility index (Phi) is 6.01. The van der Waals surface area contributed by atoms with Crippen LogP contribution in [0.2, 0.25) is 0 Å². The van der Waals surface area contributed by atoms with Crippen molar-refractivity contribution in [2.75, 3.05) is 20.8 Å². The molecule has 0 radical (unpaired) electrons. The van der Waals surface area contributed by atoms with Gasteiger partial charge in [-0.2, -0.15) is 0 Å². The fraction of sp³-hybridized carbons (Fsp3) is 0.571. The maximum atomic E-state index is 10.0. The van der Waals surface area contributed by atoms with Crippen LogP contribution < -0.4 is 4.74 Å². The van der Waals surface area contributed by atoms with Crippen LogP contribution in [0, 0.1) is 5.92 Å². The summed E-state index contributed by atoms with van der Waals surface area (Å²) < 4.78 is 10.3. The van der Waals surface area contributed by atoms with Crippen LogP contribution in [0.15, 0.2) is 24.3 Å². The van der Waals surface area contributed by atoms with Crippen molar-refractivity contribution in [3.8, 4) is 5.75 Å². The third-order valence-electron chi connectivity index (χ3n) is 2.77. The summed E-state index contributed by atoms with van der Waals surface area (Å²) in [7, 11) is 3.34. The van der Waals surface area contributed by atoms with E-state index in [1.54, 1.807) is 14.2 Å². The molecule has 0 aromatic heterocycles. The van der Waals surface area contributed by atoms with Crippen molar-refractivity contribution in [3.05, 3.63) is 29.8 Å². The van der Waals surface area contributed by atoms with Crippen LogP contribution in [0.5, 0.6) is 5.75 Å². The number of para-hydroxylation sites is 1. The summed E-state index contributed by atoms with van der Waals surface area (Å²) in [4.78, 5) is 0. The summed E-state index contributed by atoms with van der Waals surface area (Å²) in [5, 5.41) is 10.0. The molecule has 0 aliphatic heterocycles. The summed E-state index contributed by atoms with van der Waals surface area (Å²) in [5.74, 6) is 1.20. The molecule has 1 N–H and O–H groups in total. The first kappa shape index (κ1) is 14.0. The first-order valence-corrected chi connectivity index (χ1v) is 5.96. The molecule has 1 rings (SSSR count). The van der Waals surface area contributed by atoms with Gasteiger partial charge in [0.1, 0.15) is 5.75 Å². The molecule has 0 aliphatic carbocycles. The number of aliphatic hydroxyl groups is 1. The Hall–Kier alpha value is -1.06. The van der Waals surface area contributed by atoms with Crippen molar-refractivity contribution in [2.24, 2.45) is 5.92 Å². The molecule has 2 atom stereocenters. The number of methoxy groups -OCH3 is 2. The Balaban J connectivity index is 2.52. The molecule has 0 amide bonds. The van der Waals surface area contributed by atoms with Gasteiger partial charge >= 0.3 is 0 Å². The highest BCUT2D eigenvalue weighted by Gasteiger charge is 2.13. The second-order valence-corrected chi connectivity index (χ2v) is 4.47. The largest absolute Gasteiger partial charge is 0.496 e. The first-order chi connectivity index (χ1) is 8.17. The minimum absolute atomic E-state index is 0.351. The van der Waals surface area contributed by atoms with Gasteiger partial charge in [0.25, 0.3) is 0 Å². The molecule has 17 heavy (non-hydrogen) atoms. The lowest BCUT2D eigenvalue weighted by atomic mass is 9.98. The van der Waals surface area contributed by atoms with Crippen LogP contribution in [-0.2, 0) is 11.2 Å². The standard InChI is InChI=1S/C14H22O3/c1-11(10-16-2)8-13(15)9-12-6-4-5-7-14(12)17-3/h4-7,11,13,15H,8-10H2,1-3H3. The molecule has 2 unspecified atom stereocenters. The number of hydrogen-bond acceptors (Lipinski definition) is 3. The molecule has 0 aliphatic rings. The van der Waals surface area contributed by atoms with Gasteiger partial charge in [0, 0.05) is 20.1 Å². The second-order valence-electron chi connectivity index (χ2n) is 4.47. The Morgan fingerprint density at radius 2 is 1.94 bits per heavy atom. The van der Waals surface area contributed by atoms with Gasteiger partial charge in [0.2, 0.25) is 0 Å². The van der Waals surface area contributed by atoms with Crippen LogP contribution in [0.1, 0.15) is 18.9 Å². The van der Waals surface area contributed by atoms with E-state index < -0.39 is 0 Å². The molecular weight excluding hydrogens is 216 g/mol. The lowest BCUT2D eigenvalue weighted by Gasteiger charge is -2.17. The number of aliphatic hydroxyl groups excluding tert-OH is 1. The molecule has 1 aromatic rings. The highest BCUT2D eigenvalue weighted by molar-refractivity contribution is 5.33. The monoisotopic (exact) mass is 238 g/mol. The van der Waals surface area contributed by atoms with E-state index in [0.717, 1.165) is 17.7 Å². The van der Waals surface area contributed by atoms with Gasteiger partial charge in [0.05, 0.1) is 13.2 Å². The zero-order valence-corrected chi connectivity index (χ0v) is 10.8. The Labute approximate surface area is 103 Å². The molecule has 0 bridgehead atoms. The summed E-state index contributed by atoms with van der Waals surface area (Å²) in [6.45, 7) is 2.76. The van der Waals surface area contributed by atoms with Gasteiger partial charge in [-0.3, -0.25) is 0 Å². The quantitative estimate of drug-likeness (QED) is 0.792. The van der Waals surface area contributed by atoms with Gasteiger partial charge < -0.3 is 14.6 Å². The van der Waals surface area contributed by atoms with Gasteiger partial charge in [-0.25, -0.2) is 0 Å². The van der Waals surface area contributed by atoms with E-state index in [9.17, 15) is 5.11 Å². The van der Waals surface area contributed by atoms with Gasteiger partial charge in [0.15, 0.2) is 0 Å². The second kappa shape index (κ2) is 7.30. The molecule has 0 fully saturated rings. The molecule has 0 heterocycles. The van der Waals surface area contributed by atoms with Crippen molar-refractivity contribution in [2.45, 2.75) is 25.9 Å². The summed E-state index contributed by atoms with van der Waals surface area (Å²) in [5.41, 5.74) is 1.05. The average Bonchev–Trinajstić information content (AvgIpc) is 2.29. The molecular formula is C14H22O3. The minimum atomic E-state index is -0.351. The zero-order chi connectivity index (χ0) is 12.7. The normalized spacial score (nSPS) is 14.4. The van der Waals surface area contributed by atoms with Crippen LogP contribution in [0.25, 0.3) is 0 Å². The predicted octanol–water partition coefficient (Wildman–Crippen LogP) is 2.27. The van der Waals surface area contributed by atoms with Crippen molar-refractivity contribution in [3.63, 3.8) is 0 Å². The van der Waals surface area contributed by atoms with Gasteiger partial charge in [-0.15, -0.1) is 0 Å². The number of benzene rings is 1. The summed E-state index contributed by atoms with van der Waals surface area (Å²) in [6, 6.07) is 7.80. The Morgan fingerprint density at radius 3 is 2.59 bits per heavy atom. The third kappa shape index (κ3) is 4.75. The van der Waals surface area contributed by atoms with Crippen molar-refractivity contribution in [1.82, 2.24) is 0 Å².